The third-order valence-electron chi connectivity index (χ3n) is 8.21. The molecule has 2 aromatic carbocycles. The smallest absolute Gasteiger partial charge is 0.341 e. The fourth-order valence-corrected chi connectivity index (χ4v) is 6.11. The number of cyclic esters (lactones) is 1. The number of hydrogen-bond donors (Lipinski definition) is 1. The number of carbonyl (C=O) groups excluding carboxylic acids is 2. The Kier molecular flexibility index (Phi) is 13.7. The number of carbonyl (C=O) groups is 2. The molecule has 0 bridgehead atoms. The van der Waals surface area contributed by atoms with Crippen LogP contribution in [0.1, 0.15) is 120 Å². The second-order valence-electron chi connectivity index (χ2n) is 11.1. The number of fused-ring (bicyclic) bond motifs is 1. The Morgan fingerprint density at radius 3 is 2.44 bits per heavy atom. The molecule has 0 atom stereocenters. The van der Waals surface area contributed by atoms with Crippen molar-refractivity contribution < 1.29 is 23.8 Å². The van der Waals surface area contributed by atoms with Crippen molar-refractivity contribution >= 4 is 34.8 Å². The lowest BCUT2D eigenvalue weighted by Gasteiger charge is -2.20. The van der Waals surface area contributed by atoms with Crippen molar-refractivity contribution in [3.8, 4) is 5.75 Å². The van der Waals surface area contributed by atoms with Gasteiger partial charge in [0.25, 0.3) is 0 Å². The number of rotatable bonds is 18. The minimum absolute atomic E-state index is 0.282. The van der Waals surface area contributed by atoms with Gasteiger partial charge in [0.15, 0.2) is 0 Å². The van der Waals surface area contributed by atoms with Crippen LogP contribution in [0.15, 0.2) is 30.9 Å². The number of nitrogens with one attached hydrogen (secondary N) is 1. The quantitative estimate of drug-likeness (QED) is 0.103. The lowest BCUT2D eigenvalue weighted by molar-refractivity contribution is 0.0495. The van der Waals surface area contributed by atoms with Gasteiger partial charge < -0.3 is 19.5 Å². The largest absolute Gasteiger partial charge is 0.497 e. The third-order valence-corrected chi connectivity index (χ3v) is 8.50. The summed E-state index contributed by atoms with van der Waals surface area (Å²) in [5.41, 5.74) is 7.65. The Labute approximate surface area is 262 Å². The summed E-state index contributed by atoms with van der Waals surface area (Å²) in [6.45, 7) is 11.0. The molecule has 0 amide bonds. The maximum absolute atomic E-state index is 13.5. The molecule has 2 aromatic rings. The van der Waals surface area contributed by atoms with E-state index >= 15 is 0 Å². The molecule has 1 heterocycles. The first-order valence-electron chi connectivity index (χ1n) is 15.7. The molecule has 43 heavy (non-hydrogen) atoms. The van der Waals surface area contributed by atoms with E-state index in [1.807, 2.05) is 26.1 Å². The summed E-state index contributed by atoms with van der Waals surface area (Å²) in [7, 11) is 3.43. The number of unbranched alkanes of at least 4 members (excludes halogenated alkanes) is 6. The number of allylic oxidation sites excluding steroid dienone is 3. The van der Waals surface area contributed by atoms with Crippen molar-refractivity contribution in [3.63, 3.8) is 0 Å². The van der Waals surface area contributed by atoms with E-state index in [0.717, 1.165) is 96.9 Å². The van der Waals surface area contributed by atoms with Crippen LogP contribution in [0.3, 0.4) is 0 Å². The predicted octanol–water partition coefficient (Wildman–Crippen LogP) is 9.43. The van der Waals surface area contributed by atoms with Gasteiger partial charge in [-0.2, -0.15) is 0 Å². The van der Waals surface area contributed by atoms with Crippen LogP contribution in [-0.4, -0.2) is 32.7 Å². The molecule has 3 rings (SSSR count). The van der Waals surface area contributed by atoms with Crippen molar-refractivity contribution in [2.24, 2.45) is 0 Å². The van der Waals surface area contributed by atoms with Crippen LogP contribution in [0.5, 0.6) is 5.75 Å². The second-order valence-corrected chi connectivity index (χ2v) is 11.5. The third kappa shape index (κ3) is 8.44. The van der Waals surface area contributed by atoms with E-state index in [-0.39, 0.29) is 12.6 Å². The van der Waals surface area contributed by atoms with Crippen LogP contribution in [0.2, 0.25) is 5.02 Å². The molecule has 7 heteroatoms. The van der Waals surface area contributed by atoms with E-state index < -0.39 is 5.97 Å². The number of halogens is 1. The monoisotopic (exact) mass is 609 g/mol. The number of hydrogen-bond acceptors (Lipinski definition) is 6. The summed E-state index contributed by atoms with van der Waals surface area (Å²) in [5.74, 6) is -0.141. The van der Waals surface area contributed by atoms with Gasteiger partial charge in [-0.05, 0) is 79.0 Å². The predicted molar refractivity (Wildman–Crippen MR) is 177 cm³/mol. The normalized spacial score (nSPS) is 12.6. The maximum atomic E-state index is 13.5. The van der Waals surface area contributed by atoms with Gasteiger partial charge in [0.1, 0.15) is 12.4 Å². The van der Waals surface area contributed by atoms with E-state index in [1.165, 1.54) is 0 Å². The Hall–Kier alpha value is -3.25. The Balaban J connectivity index is 2.13. The van der Waals surface area contributed by atoms with E-state index in [0.29, 0.717) is 41.3 Å². The molecule has 0 saturated heterocycles. The topological polar surface area (TPSA) is 73.9 Å². The minimum Gasteiger partial charge on any atom is -0.497 e. The molecule has 0 saturated carbocycles. The lowest BCUT2D eigenvalue weighted by Crippen LogP contribution is -2.12. The summed E-state index contributed by atoms with van der Waals surface area (Å²) >= 11 is 6.75. The van der Waals surface area contributed by atoms with Crippen LogP contribution in [0, 0.1) is 6.92 Å². The lowest BCUT2D eigenvalue weighted by atomic mass is 9.86. The Bertz CT molecular complexity index is 1330. The van der Waals surface area contributed by atoms with Crippen molar-refractivity contribution in [1.82, 2.24) is 0 Å². The molecular formula is C36H48ClNO5. The number of anilines is 1. The Morgan fingerprint density at radius 1 is 1.07 bits per heavy atom. The van der Waals surface area contributed by atoms with Gasteiger partial charge in [-0.3, -0.25) is 0 Å². The van der Waals surface area contributed by atoms with E-state index in [2.05, 4.69) is 31.8 Å². The van der Waals surface area contributed by atoms with Gasteiger partial charge in [0, 0.05) is 12.6 Å². The summed E-state index contributed by atoms with van der Waals surface area (Å²) in [5, 5.41) is 3.60. The summed E-state index contributed by atoms with van der Waals surface area (Å²) < 4.78 is 16.7. The average molecular weight is 610 g/mol. The number of esters is 2. The fraction of sp³-hybridized carbons (Fsp3) is 0.500. The molecule has 6 nitrogen and oxygen atoms in total. The standard InChI is InChI=1S/C36H48ClNO5/c1-7-10-12-14-17-25(29-21-26(41-6)22-31(37)32(29)35(39)42-20-15-13-11-8-2)18-19-28-27(16-9-3)24(4)30-23-43-36(40)33(30)34(28)38-5/h9,18,21-22,38H,3,7-8,10-17,19-20,23H2,1-2,4-6H3/b25-18+. The first-order valence-corrected chi connectivity index (χ1v) is 16.1. The molecular weight excluding hydrogens is 562 g/mol. The molecule has 1 aliphatic heterocycles. The molecule has 0 radical (unpaired) electrons. The van der Waals surface area contributed by atoms with E-state index in [4.69, 9.17) is 25.8 Å². The van der Waals surface area contributed by atoms with Gasteiger partial charge in [-0.15, -0.1) is 6.58 Å². The number of benzene rings is 2. The molecule has 0 aromatic heterocycles. The zero-order valence-corrected chi connectivity index (χ0v) is 27.4. The highest BCUT2D eigenvalue weighted by Crippen LogP contribution is 2.39. The fourth-order valence-electron chi connectivity index (χ4n) is 5.83. The molecule has 1 N–H and O–H groups in total. The zero-order chi connectivity index (χ0) is 31.4. The summed E-state index contributed by atoms with van der Waals surface area (Å²) in [6, 6.07) is 3.56. The van der Waals surface area contributed by atoms with Crippen LogP contribution in [0.25, 0.3) is 5.57 Å². The van der Waals surface area contributed by atoms with Gasteiger partial charge >= 0.3 is 11.9 Å². The van der Waals surface area contributed by atoms with Crippen LogP contribution in [-0.2, 0) is 28.9 Å². The molecule has 0 aliphatic carbocycles. The van der Waals surface area contributed by atoms with Gasteiger partial charge in [-0.25, -0.2) is 9.59 Å². The highest BCUT2D eigenvalue weighted by Gasteiger charge is 2.31. The van der Waals surface area contributed by atoms with Crippen molar-refractivity contribution in [3.05, 3.63) is 74.8 Å². The zero-order valence-electron chi connectivity index (χ0n) is 26.6. The van der Waals surface area contributed by atoms with Crippen molar-refractivity contribution in [2.45, 2.75) is 98.0 Å². The van der Waals surface area contributed by atoms with Crippen molar-refractivity contribution in [2.75, 3.05) is 26.1 Å². The summed E-state index contributed by atoms with van der Waals surface area (Å²) in [6.07, 6.45) is 14.4. The van der Waals surface area contributed by atoms with Gasteiger partial charge in [0.2, 0.25) is 0 Å². The number of methoxy groups -OCH3 is 1. The SMILES string of the molecule is C=CCc1c(C)c2c(c(NC)c1C/C=C(\CCCCCC)c1cc(OC)cc(Cl)c1C(=O)OCCCCCC)C(=O)OC2. The first kappa shape index (κ1) is 34.2. The van der Waals surface area contributed by atoms with Gasteiger partial charge in [-0.1, -0.05) is 76.1 Å². The average Bonchev–Trinajstić information content (AvgIpc) is 3.39. The number of ether oxygens (including phenoxy) is 3. The molecule has 0 spiro atoms. The van der Waals surface area contributed by atoms with Crippen molar-refractivity contribution in [1.29, 1.82) is 0 Å². The molecule has 234 valence electrons. The van der Waals surface area contributed by atoms with Crippen LogP contribution < -0.4 is 10.1 Å². The molecule has 0 unspecified atom stereocenters. The molecule has 1 aliphatic rings. The molecule has 0 fully saturated rings. The van der Waals surface area contributed by atoms with E-state index in [1.54, 1.807) is 13.2 Å². The summed E-state index contributed by atoms with van der Waals surface area (Å²) in [4.78, 5) is 26.3. The van der Waals surface area contributed by atoms with Gasteiger partial charge in [0.05, 0.1) is 35.6 Å². The Morgan fingerprint density at radius 2 is 1.79 bits per heavy atom. The van der Waals surface area contributed by atoms with E-state index in [9.17, 15) is 9.59 Å². The first-order chi connectivity index (χ1) is 20.8. The minimum atomic E-state index is -0.419. The maximum Gasteiger partial charge on any atom is 0.341 e. The van der Waals surface area contributed by atoms with Crippen LogP contribution >= 0.6 is 11.6 Å². The van der Waals surface area contributed by atoms with Crippen LogP contribution in [0.4, 0.5) is 5.69 Å². The highest BCUT2D eigenvalue weighted by molar-refractivity contribution is 6.34. The second kappa shape index (κ2) is 17.1. The highest BCUT2D eigenvalue weighted by atomic mass is 35.5.